The zero-order valence-corrected chi connectivity index (χ0v) is 11.4. The quantitative estimate of drug-likeness (QED) is 0.619. The zero-order valence-electron chi connectivity index (χ0n) is 11.4. The molecule has 5 heteroatoms. The van der Waals surface area contributed by atoms with Crippen LogP contribution in [-0.4, -0.2) is 18.9 Å². The van der Waals surface area contributed by atoms with Crippen molar-refractivity contribution in [2.45, 2.75) is 32.1 Å². The van der Waals surface area contributed by atoms with Gasteiger partial charge < -0.3 is 4.74 Å². The van der Waals surface area contributed by atoms with Crippen molar-refractivity contribution in [2.75, 3.05) is 7.11 Å². The fraction of sp³-hybridized carbons (Fsp3) is 0.467. The molecule has 0 spiro atoms. The van der Waals surface area contributed by atoms with E-state index in [2.05, 4.69) is 4.74 Å². The van der Waals surface area contributed by atoms with Gasteiger partial charge in [0, 0.05) is 6.42 Å². The minimum atomic E-state index is -0.873. The van der Waals surface area contributed by atoms with Gasteiger partial charge in [0.05, 0.1) is 7.11 Å². The lowest BCUT2D eigenvalue weighted by molar-refractivity contribution is -0.150. The summed E-state index contributed by atoms with van der Waals surface area (Å²) < 4.78 is 32.1. The molecule has 1 aliphatic carbocycles. The smallest absolute Gasteiger partial charge is 0.316 e. The van der Waals surface area contributed by atoms with Crippen molar-refractivity contribution in [3.8, 4) is 0 Å². The molecule has 1 fully saturated rings. The lowest BCUT2D eigenvalue weighted by atomic mass is 9.77. The number of aryl methyl sites for hydroxylation is 1. The Labute approximate surface area is 115 Å². The third-order valence-electron chi connectivity index (χ3n) is 3.82. The predicted octanol–water partition coefficient (Wildman–Crippen LogP) is 2.90. The van der Waals surface area contributed by atoms with Gasteiger partial charge in [-0.15, -0.1) is 0 Å². The van der Waals surface area contributed by atoms with Gasteiger partial charge in [-0.05, 0) is 48.9 Å². The Morgan fingerprint density at radius 1 is 1.35 bits per heavy atom. The van der Waals surface area contributed by atoms with Crippen LogP contribution in [0.1, 0.15) is 36.3 Å². The molecule has 0 aliphatic heterocycles. The number of ketones is 1. The summed E-state index contributed by atoms with van der Waals surface area (Å²) in [5.74, 6) is -2.98. The maximum absolute atomic E-state index is 14.1. The van der Waals surface area contributed by atoms with E-state index in [4.69, 9.17) is 0 Å². The first kappa shape index (κ1) is 14.6. The normalized spacial score (nSPS) is 22.7. The van der Waals surface area contributed by atoms with Crippen molar-refractivity contribution in [1.82, 2.24) is 0 Å². The van der Waals surface area contributed by atoms with Crippen LogP contribution in [0.15, 0.2) is 12.1 Å². The highest BCUT2D eigenvalue weighted by Crippen LogP contribution is 2.37. The molecule has 1 saturated carbocycles. The van der Waals surface area contributed by atoms with Gasteiger partial charge in [0.2, 0.25) is 0 Å². The number of hydrogen-bond acceptors (Lipinski definition) is 3. The molecule has 108 valence electrons. The molecule has 0 aromatic heterocycles. The number of benzene rings is 1. The number of carbonyl (C=O) groups excluding carboxylic acids is 2. The molecule has 0 saturated heterocycles. The highest BCUT2D eigenvalue weighted by Gasteiger charge is 2.36. The minimum absolute atomic E-state index is 0.172. The van der Waals surface area contributed by atoms with Crippen molar-refractivity contribution < 1.29 is 23.1 Å². The van der Waals surface area contributed by atoms with Crippen molar-refractivity contribution in [1.29, 1.82) is 0 Å². The molecule has 0 heterocycles. The predicted molar refractivity (Wildman–Crippen MR) is 68.2 cm³/mol. The molecule has 3 nitrogen and oxygen atoms in total. The molecule has 2 unspecified atom stereocenters. The number of Topliss-reactive ketones (excluding diaryl/α,β-unsaturated/α-hetero) is 1. The summed E-state index contributed by atoms with van der Waals surface area (Å²) in [5, 5.41) is 0. The summed E-state index contributed by atoms with van der Waals surface area (Å²) in [6.45, 7) is 1.49. The Bertz CT molecular complexity index is 546. The Morgan fingerprint density at radius 3 is 2.70 bits per heavy atom. The number of methoxy groups -OCH3 is 1. The van der Waals surface area contributed by atoms with Gasteiger partial charge in [0.1, 0.15) is 23.3 Å². The van der Waals surface area contributed by atoms with E-state index in [1.807, 2.05) is 0 Å². The molecule has 0 N–H and O–H groups in total. The van der Waals surface area contributed by atoms with Crippen LogP contribution in [0.3, 0.4) is 0 Å². The SMILES string of the molecule is COC(=O)C1CC(c2cc(F)cc(C)c2F)CCC1=O. The maximum atomic E-state index is 14.1. The lowest BCUT2D eigenvalue weighted by Crippen LogP contribution is -2.31. The Hall–Kier alpha value is -1.78. The van der Waals surface area contributed by atoms with Gasteiger partial charge in [-0.1, -0.05) is 0 Å². The molecular weight excluding hydrogens is 266 g/mol. The summed E-state index contributed by atoms with van der Waals surface area (Å²) >= 11 is 0. The summed E-state index contributed by atoms with van der Waals surface area (Å²) in [6, 6.07) is 2.28. The van der Waals surface area contributed by atoms with Gasteiger partial charge in [-0.3, -0.25) is 9.59 Å². The molecular formula is C15H16F2O3. The molecule has 2 rings (SSSR count). The fourth-order valence-electron chi connectivity index (χ4n) is 2.73. The van der Waals surface area contributed by atoms with Crippen LogP contribution in [0.4, 0.5) is 8.78 Å². The molecule has 0 bridgehead atoms. The van der Waals surface area contributed by atoms with Crippen molar-refractivity contribution in [3.63, 3.8) is 0 Å². The van der Waals surface area contributed by atoms with Gasteiger partial charge >= 0.3 is 5.97 Å². The Kier molecular flexibility index (Phi) is 4.16. The van der Waals surface area contributed by atoms with Gasteiger partial charge in [-0.25, -0.2) is 8.78 Å². The second-order valence-electron chi connectivity index (χ2n) is 5.14. The van der Waals surface area contributed by atoms with E-state index in [1.54, 1.807) is 0 Å². The molecule has 1 aliphatic rings. The monoisotopic (exact) mass is 282 g/mol. The summed E-state index contributed by atoms with van der Waals surface area (Å²) in [6.07, 6.45) is 0.775. The Balaban J connectivity index is 2.30. The average molecular weight is 282 g/mol. The maximum Gasteiger partial charge on any atom is 0.316 e. The standard InChI is InChI=1S/C15H16F2O3/c1-8-5-10(16)7-11(14(8)17)9-3-4-13(18)12(6-9)15(19)20-2/h5,7,9,12H,3-4,6H2,1-2H3. The van der Waals surface area contributed by atoms with Crippen molar-refractivity contribution in [3.05, 3.63) is 34.9 Å². The van der Waals surface area contributed by atoms with E-state index < -0.39 is 23.5 Å². The fourth-order valence-corrected chi connectivity index (χ4v) is 2.73. The molecule has 20 heavy (non-hydrogen) atoms. The van der Waals surface area contributed by atoms with E-state index in [9.17, 15) is 18.4 Å². The highest BCUT2D eigenvalue weighted by molar-refractivity contribution is 5.99. The van der Waals surface area contributed by atoms with Crippen LogP contribution in [0.5, 0.6) is 0 Å². The number of carbonyl (C=O) groups is 2. The Morgan fingerprint density at radius 2 is 2.05 bits per heavy atom. The third-order valence-corrected chi connectivity index (χ3v) is 3.82. The molecule has 0 amide bonds. The number of ether oxygens (including phenoxy) is 1. The number of halogens is 2. The van der Waals surface area contributed by atoms with E-state index >= 15 is 0 Å². The average Bonchev–Trinajstić information content (AvgIpc) is 2.42. The molecule has 2 atom stereocenters. The summed E-state index contributed by atoms with van der Waals surface area (Å²) in [7, 11) is 1.21. The second kappa shape index (κ2) is 5.69. The van der Waals surface area contributed by atoms with E-state index in [0.717, 1.165) is 12.1 Å². The van der Waals surface area contributed by atoms with Crippen LogP contribution >= 0.6 is 0 Å². The van der Waals surface area contributed by atoms with Crippen molar-refractivity contribution in [2.24, 2.45) is 5.92 Å². The lowest BCUT2D eigenvalue weighted by Gasteiger charge is -2.27. The molecule has 1 aromatic rings. The van der Waals surface area contributed by atoms with Crippen LogP contribution in [0.25, 0.3) is 0 Å². The highest BCUT2D eigenvalue weighted by atomic mass is 19.1. The van der Waals surface area contributed by atoms with Crippen molar-refractivity contribution >= 4 is 11.8 Å². The molecule has 1 aromatic carbocycles. The van der Waals surface area contributed by atoms with Crippen LogP contribution < -0.4 is 0 Å². The third kappa shape index (κ3) is 2.71. The topological polar surface area (TPSA) is 43.4 Å². The zero-order chi connectivity index (χ0) is 14.9. The molecule has 0 radical (unpaired) electrons. The van der Waals surface area contributed by atoms with Crippen LogP contribution in [0, 0.1) is 24.5 Å². The first-order valence-corrected chi connectivity index (χ1v) is 6.50. The van der Waals surface area contributed by atoms with Gasteiger partial charge in [0.15, 0.2) is 0 Å². The first-order valence-electron chi connectivity index (χ1n) is 6.50. The summed E-state index contributed by atoms with van der Waals surface area (Å²) in [5.41, 5.74) is 0.468. The minimum Gasteiger partial charge on any atom is -0.468 e. The first-order chi connectivity index (χ1) is 9.43. The largest absolute Gasteiger partial charge is 0.468 e. The number of rotatable bonds is 2. The number of hydrogen-bond donors (Lipinski definition) is 0. The second-order valence-corrected chi connectivity index (χ2v) is 5.14. The van der Waals surface area contributed by atoms with Crippen LogP contribution in [0.2, 0.25) is 0 Å². The number of esters is 1. The van der Waals surface area contributed by atoms with E-state index in [-0.39, 0.29) is 35.7 Å². The van der Waals surface area contributed by atoms with Gasteiger partial charge in [0.25, 0.3) is 0 Å². The van der Waals surface area contributed by atoms with E-state index in [1.165, 1.54) is 14.0 Å². The van der Waals surface area contributed by atoms with E-state index in [0.29, 0.717) is 6.42 Å². The summed E-state index contributed by atoms with van der Waals surface area (Å²) in [4.78, 5) is 23.3. The van der Waals surface area contributed by atoms with Gasteiger partial charge in [-0.2, -0.15) is 0 Å². The van der Waals surface area contributed by atoms with Crippen LogP contribution in [-0.2, 0) is 14.3 Å².